The molecule has 0 unspecified atom stereocenters. The Morgan fingerprint density at radius 3 is 2.95 bits per heavy atom. The van der Waals surface area contributed by atoms with Crippen molar-refractivity contribution in [3.63, 3.8) is 0 Å². The van der Waals surface area contributed by atoms with Crippen LogP contribution in [0, 0.1) is 12.8 Å². The second-order valence-corrected chi connectivity index (χ2v) is 6.88. The van der Waals surface area contributed by atoms with E-state index in [0.29, 0.717) is 0 Å². The van der Waals surface area contributed by atoms with Crippen LogP contribution in [-0.2, 0) is 11.2 Å². The first-order chi connectivity index (χ1) is 10.2. The number of anilines is 1. The minimum atomic E-state index is 0.143. The van der Waals surface area contributed by atoms with Gasteiger partial charge in [-0.15, -0.1) is 11.3 Å². The zero-order valence-electron chi connectivity index (χ0n) is 12.3. The summed E-state index contributed by atoms with van der Waals surface area (Å²) in [7, 11) is 0. The highest BCUT2D eigenvalue weighted by Gasteiger charge is 2.23. The summed E-state index contributed by atoms with van der Waals surface area (Å²) >= 11 is 1.58. The molecule has 0 spiro atoms. The number of thiazole rings is 1. The van der Waals surface area contributed by atoms with Gasteiger partial charge in [-0.3, -0.25) is 4.79 Å². The van der Waals surface area contributed by atoms with E-state index in [9.17, 15) is 4.79 Å². The largest absolute Gasteiger partial charge is 0.302 e. The Morgan fingerprint density at radius 2 is 2.19 bits per heavy atom. The maximum Gasteiger partial charge on any atom is 0.229 e. The topological polar surface area (TPSA) is 42.0 Å². The summed E-state index contributed by atoms with van der Waals surface area (Å²) in [4.78, 5) is 17.6. The summed E-state index contributed by atoms with van der Waals surface area (Å²) in [6.45, 7) is 2.10. The molecule has 2 aromatic rings. The first-order valence-electron chi connectivity index (χ1n) is 7.52. The number of nitrogens with one attached hydrogen (secondary N) is 1. The number of carbonyl (C=O) groups excluding carboxylic acids is 1. The molecular weight excluding hydrogens is 280 g/mol. The number of aromatic nitrogens is 1. The molecule has 110 valence electrons. The third kappa shape index (κ3) is 3.70. The highest BCUT2D eigenvalue weighted by molar-refractivity contribution is 7.15. The minimum absolute atomic E-state index is 0.143. The van der Waals surface area contributed by atoms with E-state index in [4.69, 9.17) is 0 Å². The molecule has 0 saturated heterocycles. The van der Waals surface area contributed by atoms with Gasteiger partial charge in [-0.1, -0.05) is 42.7 Å². The lowest BCUT2D eigenvalue weighted by Gasteiger charge is -2.07. The molecule has 1 N–H and O–H groups in total. The standard InChI is InChI=1S/C17H20N2OS/c1-12-5-4-6-13(9-12)10-15-11-18-17(21-15)19-16(20)14-7-2-3-8-14/h4-6,9,11,14H,2-3,7-8,10H2,1H3,(H,18,19,20). The van der Waals surface area contributed by atoms with Crippen LogP contribution in [0.15, 0.2) is 30.5 Å². The molecule has 21 heavy (non-hydrogen) atoms. The number of hydrogen-bond donors (Lipinski definition) is 1. The number of rotatable bonds is 4. The summed E-state index contributed by atoms with van der Waals surface area (Å²) < 4.78 is 0. The molecule has 0 bridgehead atoms. The van der Waals surface area contributed by atoms with Crippen LogP contribution in [0.2, 0.25) is 0 Å². The van der Waals surface area contributed by atoms with Crippen LogP contribution in [0.4, 0.5) is 5.13 Å². The highest BCUT2D eigenvalue weighted by atomic mass is 32.1. The predicted molar refractivity (Wildman–Crippen MR) is 86.7 cm³/mol. The third-order valence-corrected chi connectivity index (χ3v) is 4.88. The van der Waals surface area contributed by atoms with Crippen LogP contribution in [-0.4, -0.2) is 10.9 Å². The molecular formula is C17H20N2OS. The van der Waals surface area contributed by atoms with E-state index in [1.165, 1.54) is 28.8 Å². The van der Waals surface area contributed by atoms with Gasteiger partial charge in [0.05, 0.1) is 0 Å². The molecule has 1 saturated carbocycles. The molecule has 0 radical (unpaired) electrons. The molecule has 1 aromatic heterocycles. The molecule has 1 heterocycles. The fourth-order valence-corrected chi connectivity index (χ4v) is 3.72. The van der Waals surface area contributed by atoms with Gasteiger partial charge in [0.15, 0.2) is 5.13 Å². The number of aryl methyl sites for hydroxylation is 1. The van der Waals surface area contributed by atoms with Crippen molar-refractivity contribution in [1.29, 1.82) is 0 Å². The lowest BCUT2D eigenvalue weighted by Crippen LogP contribution is -2.19. The quantitative estimate of drug-likeness (QED) is 0.920. The van der Waals surface area contributed by atoms with E-state index in [1.807, 2.05) is 6.20 Å². The lowest BCUT2D eigenvalue weighted by molar-refractivity contribution is -0.119. The van der Waals surface area contributed by atoms with Crippen LogP contribution in [0.3, 0.4) is 0 Å². The molecule has 1 aliphatic carbocycles. The molecule has 0 atom stereocenters. The predicted octanol–water partition coefficient (Wildman–Crippen LogP) is 4.17. The third-order valence-electron chi connectivity index (χ3n) is 3.97. The minimum Gasteiger partial charge on any atom is -0.302 e. The Balaban J connectivity index is 1.62. The smallest absolute Gasteiger partial charge is 0.229 e. The fraction of sp³-hybridized carbons (Fsp3) is 0.412. The van der Waals surface area contributed by atoms with E-state index in [0.717, 1.165) is 24.4 Å². The fourth-order valence-electron chi connectivity index (χ4n) is 2.87. The number of nitrogens with zero attached hydrogens (tertiary/aromatic N) is 1. The molecule has 3 nitrogen and oxygen atoms in total. The summed E-state index contributed by atoms with van der Waals surface area (Å²) in [5.41, 5.74) is 2.55. The number of hydrogen-bond acceptors (Lipinski definition) is 3. The van der Waals surface area contributed by atoms with E-state index < -0.39 is 0 Å². The van der Waals surface area contributed by atoms with Crippen molar-refractivity contribution >= 4 is 22.4 Å². The second-order valence-electron chi connectivity index (χ2n) is 5.77. The van der Waals surface area contributed by atoms with E-state index in [-0.39, 0.29) is 11.8 Å². The van der Waals surface area contributed by atoms with E-state index >= 15 is 0 Å². The first kappa shape index (κ1) is 14.3. The van der Waals surface area contributed by atoms with Crippen LogP contribution in [0.25, 0.3) is 0 Å². The Morgan fingerprint density at radius 1 is 1.38 bits per heavy atom. The zero-order valence-corrected chi connectivity index (χ0v) is 13.1. The molecule has 0 aliphatic heterocycles. The van der Waals surface area contributed by atoms with Crippen molar-refractivity contribution in [2.75, 3.05) is 5.32 Å². The average molecular weight is 300 g/mol. The number of benzene rings is 1. The summed E-state index contributed by atoms with van der Waals surface area (Å²) in [6.07, 6.45) is 7.14. The Labute approximate surface area is 129 Å². The average Bonchev–Trinajstić information content (AvgIpc) is 3.10. The summed E-state index contributed by atoms with van der Waals surface area (Å²) in [5, 5.41) is 3.70. The zero-order chi connectivity index (χ0) is 14.7. The van der Waals surface area contributed by atoms with Crippen molar-refractivity contribution in [3.8, 4) is 0 Å². The molecule has 1 aliphatic rings. The Hall–Kier alpha value is -1.68. The van der Waals surface area contributed by atoms with Gasteiger partial charge >= 0.3 is 0 Å². The SMILES string of the molecule is Cc1cccc(Cc2cnc(NC(=O)C3CCCC3)s2)c1. The molecule has 1 amide bonds. The van der Waals surface area contributed by atoms with Gasteiger partial charge in [-0.25, -0.2) is 4.98 Å². The summed E-state index contributed by atoms with van der Waals surface area (Å²) in [5.74, 6) is 0.332. The lowest BCUT2D eigenvalue weighted by atomic mass is 10.1. The highest BCUT2D eigenvalue weighted by Crippen LogP contribution is 2.27. The normalized spacial score (nSPS) is 15.3. The van der Waals surface area contributed by atoms with Crippen LogP contribution >= 0.6 is 11.3 Å². The van der Waals surface area contributed by atoms with E-state index in [1.54, 1.807) is 11.3 Å². The van der Waals surface area contributed by atoms with Gasteiger partial charge in [-0.2, -0.15) is 0 Å². The number of amides is 1. The van der Waals surface area contributed by atoms with Crippen molar-refractivity contribution in [2.24, 2.45) is 5.92 Å². The van der Waals surface area contributed by atoms with Crippen molar-refractivity contribution in [3.05, 3.63) is 46.5 Å². The van der Waals surface area contributed by atoms with Gasteiger partial charge in [0, 0.05) is 23.4 Å². The van der Waals surface area contributed by atoms with Crippen LogP contribution in [0.5, 0.6) is 0 Å². The van der Waals surface area contributed by atoms with Crippen LogP contribution in [0.1, 0.15) is 41.7 Å². The second kappa shape index (κ2) is 6.39. The van der Waals surface area contributed by atoms with Crippen molar-refractivity contribution < 1.29 is 4.79 Å². The van der Waals surface area contributed by atoms with Crippen molar-refractivity contribution in [1.82, 2.24) is 4.98 Å². The van der Waals surface area contributed by atoms with Gasteiger partial charge in [0.2, 0.25) is 5.91 Å². The Kier molecular flexibility index (Phi) is 4.34. The van der Waals surface area contributed by atoms with Gasteiger partial charge in [-0.05, 0) is 25.3 Å². The van der Waals surface area contributed by atoms with Crippen LogP contribution < -0.4 is 5.32 Å². The molecule has 4 heteroatoms. The molecule has 1 fully saturated rings. The number of carbonyl (C=O) groups is 1. The monoisotopic (exact) mass is 300 g/mol. The first-order valence-corrected chi connectivity index (χ1v) is 8.33. The van der Waals surface area contributed by atoms with Gasteiger partial charge in [0.25, 0.3) is 0 Å². The Bertz CT molecular complexity index is 629. The summed E-state index contributed by atoms with van der Waals surface area (Å²) in [6, 6.07) is 8.50. The van der Waals surface area contributed by atoms with Gasteiger partial charge in [0.1, 0.15) is 0 Å². The maximum atomic E-state index is 12.1. The molecule has 3 rings (SSSR count). The van der Waals surface area contributed by atoms with Gasteiger partial charge < -0.3 is 5.32 Å². The van der Waals surface area contributed by atoms with E-state index in [2.05, 4.69) is 41.5 Å². The van der Waals surface area contributed by atoms with Crippen molar-refractivity contribution in [2.45, 2.75) is 39.0 Å². The molecule has 1 aromatic carbocycles. The maximum absolute atomic E-state index is 12.1.